The molecule has 0 amide bonds. The average molecular weight is 292 g/mol. The first-order chi connectivity index (χ1) is 10.5. The summed E-state index contributed by atoms with van der Waals surface area (Å²) in [5.41, 5.74) is 2.02. The molecular formula is C20H20O2. The van der Waals surface area contributed by atoms with Crippen LogP contribution in [0.1, 0.15) is 36.2 Å². The van der Waals surface area contributed by atoms with E-state index in [1.165, 1.54) is 0 Å². The molecule has 2 nitrogen and oxygen atoms in total. The van der Waals surface area contributed by atoms with Gasteiger partial charge in [-0.15, -0.1) is 0 Å². The molecule has 0 unspecified atom stereocenters. The third kappa shape index (κ3) is 2.30. The summed E-state index contributed by atoms with van der Waals surface area (Å²) in [5.74, 6) is 0.0652. The van der Waals surface area contributed by atoms with Crippen molar-refractivity contribution in [1.29, 1.82) is 0 Å². The molecule has 0 saturated heterocycles. The van der Waals surface area contributed by atoms with Gasteiger partial charge in [0, 0.05) is 11.1 Å². The first kappa shape index (κ1) is 14.7. The Bertz CT molecular complexity index is 716. The van der Waals surface area contributed by atoms with Gasteiger partial charge in [0.2, 0.25) is 0 Å². The smallest absolute Gasteiger partial charge is 0.189 e. The number of aliphatic hydroxyl groups is 1. The van der Waals surface area contributed by atoms with Crippen molar-refractivity contribution in [3.63, 3.8) is 0 Å². The van der Waals surface area contributed by atoms with E-state index in [4.69, 9.17) is 0 Å². The lowest BCUT2D eigenvalue weighted by atomic mass is 9.87. The summed E-state index contributed by atoms with van der Waals surface area (Å²) in [4.78, 5) is 12.8. The fraction of sp³-hybridized carbons (Fsp3) is 0.250. The van der Waals surface area contributed by atoms with Crippen LogP contribution < -0.4 is 0 Å². The van der Waals surface area contributed by atoms with Crippen molar-refractivity contribution in [2.24, 2.45) is 5.92 Å². The normalized spacial score (nSPS) is 24.6. The molecule has 112 valence electrons. The molecular weight excluding hydrogens is 272 g/mol. The van der Waals surface area contributed by atoms with Gasteiger partial charge in [0.15, 0.2) is 5.78 Å². The Labute approximate surface area is 131 Å². The van der Waals surface area contributed by atoms with Gasteiger partial charge in [-0.1, -0.05) is 67.6 Å². The Balaban J connectivity index is 2.06. The van der Waals surface area contributed by atoms with E-state index in [0.717, 1.165) is 16.7 Å². The molecule has 22 heavy (non-hydrogen) atoms. The summed E-state index contributed by atoms with van der Waals surface area (Å²) in [5, 5.41) is 11.2. The number of carbonyl (C=O) groups is 1. The second kappa shape index (κ2) is 5.54. The van der Waals surface area contributed by atoms with E-state index in [9.17, 15) is 9.90 Å². The summed E-state index contributed by atoms with van der Waals surface area (Å²) in [6, 6.07) is 18.9. The molecule has 0 spiro atoms. The fourth-order valence-corrected chi connectivity index (χ4v) is 3.48. The lowest BCUT2D eigenvalue weighted by molar-refractivity contribution is 0.0696. The first-order valence-electron chi connectivity index (χ1n) is 7.63. The molecule has 3 rings (SSSR count). The van der Waals surface area contributed by atoms with Crippen LogP contribution >= 0.6 is 0 Å². The van der Waals surface area contributed by atoms with Crippen LogP contribution in [0.3, 0.4) is 0 Å². The zero-order valence-corrected chi connectivity index (χ0v) is 12.9. The van der Waals surface area contributed by atoms with Crippen molar-refractivity contribution >= 4 is 5.78 Å². The van der Waals surface area contributed by atoms with Gasteiger partial charge in [-0.2, -0.15) is 0 Å². The summed E-state index contributed by atoms with van der Waals surface area (Å²) < 4.78 is 0. The molecule has 0 aromatic heterocycles. The van der Waals surface area contributed by atoms with Gasteiger partial charge in [-0.3, -0.25) is 4.79 Å². The molecule has 1 N–H and O–H groups in total. The van der Waals surface area contributed by atoms with Crippen LogP contribution in [0.2, 0.25) is 0 Å². The maximum atomic E-state index is 12.8. The summed E-state index contributed by atoms with van der Waals surface area (Å²) >= 11 is 0. The van der Waals surface area contributed by atoms with Crippen molar-refractivity contribution in [2.75, 3.05) is 0 Å². The van der Waals surface area contributed by atoms with Crippen LogP contribution in [-0.4, -0.2) is 10.9 Å². The Morgan fingerprint density at radius 2 is 1.59 bits per heavy atom. The van der Waals surface area contributed by atoms with Gasteiger partial charge in [0.25, 0.3) is 0 Å². The van der Waals surface area contributed by atoms with Crippen LogP contribution in [0.4, 0.5) is 0 Å². The SMILES string of the molecule is CC1=C(C(=O)c2ccccc2)[C@H](C)C[C@]1(O)c1ccccc1. The third-order valence-corrected chi connectivity index (χ3v) is 4.65. The molecule has 1 aliphatic rings. The number of Topliss-reactive ketones (excluding diaryl/α,β-unsaturated/α-hetero) is 1. The summed E-state index contributed by atoms with van der Waals surface area (Å²) in [6.07, 6.45) is 0.552. The van der Waals surface area contributed by atoms with Gasteiger partial charge in [0.05, 0.1) is 0 Å². The predicted molar refractivity (Wildman–Crippen MR) is 87.6 cm³/mol. The summed E-state index contributed by atoms with van der Waals surface area (Å²) in [7, 11) is 0. The second-order valence-electron chi connectivity index (χ2n) is 6.07. The Morgan fingerprint density at radius 3 is 2.18 bits per heavy atom. The van der Waals surface area contributed by atoms with E-state index < -0.39 is 5.60 Å². The number of carbonyl (C=O) groups excluding carboxylic acids is 1. The molecule has 0 heterocycles. The Kier molecular flexibility index (Phi) is 3.71. The van der Waals surface area contributed by atoms with Crippen molar-refractivity contribution in [3.8, 4) is 0 Å². The summed E-state index contributed by atoms with van der Waals surface area (Å²) in [6.45, 7) is 3.90. The fourth-order valence-electron chi connectivity index (χ4n) is 3.48. The van der Waals surface area contributed by atoms with Crippen LogP contribution in [0.25, 0.3) is 0 Å². The molecule has 1 aliphatic carbocycles. The monoisotopic (exact) mass is 292 g/mol. The topological polar surface area (TPSA) is 37.3 Å². The zero-order valence-electron chi connectivity index (χ0n) is 12.9. The van der Waals surface area contributed by atoms with Gasteiger partial charge in [-0.25, -0.2) is 0 Å². The maximum Gasteiger partial charge on any atom is 0.189 e. The molecule has 0 radical (unpaired) electrons. The lowest BCUT2D eigenvalue weighted by Crippen LogP contribution is -2.24. The molecule has 0 saturated carbocycles. The number of hydrogen-bond donors (Lipinski definition) is 1. The van der Waals surface area contributed by atoms with Crippen molar-refractivity contribution in [2.45, 2.75) is 25.9 Å². The number of rotatable bonds is 3. The molecule has 2 heteroatoms. The average Bonchev–Trinajstić information content (AvgIpc) is 2.79. The minimum atomic E-state index is -1.04. The number of hydrogen-bond acceptors (Lipinski definition) is 2. The molecule has 2 atom stereocenters. The number of benzene rings is 2. The predicted octanol–water partition coefficient (Wildman–Crippen LogP) is 4.11. The van der Waals surface area contributed by atoms with E-state index in [1.807, 2.05) is 74.5 Å². The van der Waals surface area contributed by atoms with E-state index in [1.54, 1.807) is 0 Å². The first-order valence-corrected chi connectivity index (χ1v) is 7.63. The van der Waals surface area contributed by atoms with E-state index in [2.05, 4.69) is 0 Å². The number of allylic oxidation sites excluding steroid dienone is 1. The Hall–Kier alpha value is -2.19. The highest BCUT2D eigenvalue weighted by molar-refractivity contribution is 6.10. The molecule has 2 aromatic rings. The highest BCUT2D eigenvalue weighted by Crippen LogP contribution is 2.46. The lowest BCUT2D eigenvalue weighted by Gasteiger charge is -2.25. The molecule has 0 bridgehead atoms. The van der Waals surface area contributed by atoms with Gasteiger partial charge >= 0.3 is 0 Å². The maximum absolute atomic E-state index is 12.8. The highest BCUT2D eigenvalue weighted by atomic mass is 16.3. The van der Waals surface area contributed by atoms with Gasteiger partial charge in [0.1, 0.15) is 5.60 Å². The van der Waals surface area contributed by atoms with Gasteiger partial charge < -0.3 is 5.11 Å². The zero-order chi connectivity index (χ0) is 15.7. The van der Waals surface area contributed by atoms with E-state index in [0.29, 0.717) is 12.0 Å². The minimum Gasteiger partial charge on any atom is -0.381 e. The van der Waals surface area contributed by atoms with E-state index in [-0.39, 0.29) is 11.7 Å². The van der Waals surface area contributed by atoms with Crippen LogP contribution in [-0.2, 0) is 5.60 Å². The van der Waals surface area contributed by atoms with Crippen molar-refractivity contribution in [3.05, 3.63) is 82.9 Å². The van der Waals surface area contributed by atoms with Crippen molar-refractivity contribution in [1.82, 2.24) is 0 Å². The third-order valence-electron chi connectivity index (χ3n) is 4.65. The second-order valence-corrected chi connectivity index (χ2v) is 6.07. The van der Waals surface area contributed by atoms with Crippen LogP contribution in [0, 0.1) is 5.92 Å². The minimum absolute atomic E-state index is 0.0254. The highest BCUT2D eigenvalue weighted by Gasteiger charge is 2.43. The van der Waals surface area contributed by atoms with E-state index >= 15 is 0 Å². The van der Waals surface area contributed by atoms with Crippen LogP contribution in [0.15, 0.2) is 71.8 Å². The van der Waals surface area contributed by atoms with Crippen LogP contribution in [0.5, 0.6) is 0 Å². The van der Waals surface area contributed by atoms with Gasteiger partial charge in [-0.05, 0) is 30.4 Å². The Morgan fingerprint density at radius 1 is 1.05 bits per heavy atom. The quantitative estimate of drug-likeness (QED) is 0.864. The molecule has 2 aromatic carbocycles. The molecule has 0 aliphatic heterocycles. The largest absolute Gasteiger partial charge is 0.381 e. The number of ketones is 1. The molecule has 0 fully saturated rings. The van der Waals surface area contributed by atoms with Crippen molar-refractivity contribution < 1.29 is 9.90 Å². The standard InChI is InChI=1S/C20H20O2/c1-14-13-20(22,17-11-7-4-8-12-17)15(2)18(14)19(21)16-9-5-3-6-10-16/h3-12,14,22H,13H2,1-2H3/t14-,20-/m1/s1.